The zero-order chi connectivity index (χ0) is 23.0. The smallest absolute Gasteiger partial charge is 0.257 e. The number of carbonyl (C=O) groups excluding carboxylic acids is 2. The lowest BCUT2D eigenvalue weighted by atomic mass is 10.2. The number of ether oxygens (including phenoxy) is 1. The molecular formula is C23H21N7O3. The van der Waals surface area contributed by atoms with E-state index >= 15 is 0 Å². The number of nitrogens with one attached hydrogen (secondary N) is 2. The molecule has 2 N–H and O–H groups in total. The SMILES string of the molecule is COc1ccc(CNC(=O)Cn2nnc(-c3ccc(NC(=O)c4cccnc4)cc3)n2)cc1. The highest BCUT2D eigenvalue weighted by molar-refractivity contribution is 6.04. The van der Waals surface area contributed by atoms with E-state index in [1.165, 1.54) is 11.0 Å². The van der Waals surface area contributed by atoms with E-state index in [9.17, 15) is 9.59 Å². The topological polar surface area (TPSA) is 124 Å². The van der Waals surface area contributed by atoms with Gasteiger partial charge in [-0.3, -0.25) is 14.6 Å². The third-order valence-corrected chi connectivity index (χ3v) is 4.71. The van der Waals surface area contributed by atoms with Gasteiger partial charge in [0.1, 0.15) is 12.3 Å². The molecule has 2 heterocycles. The summed E-state index contributed by atoms with van der Waals surface area (Å²) in [5, 5.41) is 17.8. The highest BCUT2D eigenvalue weighted by Gasteiger charge is 2.11. The number of benzene rings is 2. The Morgan fingerprint density at radius 2 is 1.82 bits per heavy atom. The van der Waals surface area contributed by atoms with Crippen LogP contribution in [-0.2, 0) is 17.9 Å². The number of hydrogen-bond acceptors (Lipinski definition) is 7. The van der Waals surface area contributed by atoms with Crippen LogP contribution in [0.2, 0.25) is 0 Å². The molecule has 10 heteroatoms. The molecule has 166 valence electrons. The summed E-state index contributed by atoms with van der Waals surface area (Å²) in [5.74, 6) is 0.653. The Labute approximate surface area is 189 Å². The van der Waals surface area contributed by atoms with Gasteiger partial charge < -0.3 is 15.4 Å². The van der Waals surface area contributed by atoms with Crippen molar-refractivity contribution in [2.75, 3.05) is 12.4 Å². The molecule has 0 bridgehead atoms. The van der Waals surface area contributed by atoms with Gasteiger partial charge in [0.25, 0.3) is 5.91 Å². The highest BCUT2D eigenvalue weighted by atomic mass is 16.5. The van der Waals surface area contributed by atoms with Crippen LogP contribution in [0.5, 0.6) is 5.75 Å². The van der Waals surface area contributed by atoms with Crippen molar-refractivity contribution in [3.63, 3.8) is 0 Å². The van der Waals surface area contributed by atoms with Crippen molar-refractivity contribution in [3.8, 4) is 17.1 Å². The lowest BCUT2D eigenvalue weighted by molar-refractivity contribution is -0.122. The van der Waals surface area contributed by atoms with Crippen molar-refractivity contribution in [1.82, 2.24) is 30.5 Å². The zero-order valence-electron chi connectivity index (χ0n) is 17.8. The van der Waals surface area contributed by atoms with Gasteiger partial charge in [0.05, 0.1) is 12.7 Å². The number of hydrogen-bond donors (Lipinski definition) is 2. The van der Waals surface area contributed by atoms with Gasteiger partial charge in [-0.2, -0.15) is 4.80 Å². The summed E-state index contributed by atoms with van der Waals surface area (Å²) in [7, 11) is 1.60. The van der Waals surface area contributed by atoms with Gasteiger partial charge in [-0.05, 0) is 59.3 Å². The summed E-state index contributed by atoms with van der Waals surface area (Å²) in [6.45, 7) is 0.332. The second-order valence-electron chi connectivity index (χ2n) is 7.04. The maximum Gasteiger partial charge on any atom is 0.257 e. The normalized spacial score (nSPS) is 10.5. The van der Waals surface area contributed by atoms with E-state index in [1.807, 2.05) is 24.3 Å². The molecule has 33 heavy (non-hydrogen) atoms. The van der Waals surface area contributed by atoms with Crippen LogP contribution in [0.4, 0.5) is 5.69 Å². The number of nitrogens with zero attached hydrogens (tertiary/aromatic N) is 5. The van der Waals surface area contributed by atoms with Crippen LogP contribution in [-0.4, -0.2) is 44.1 Å². The zero-order valence-corrected chi connectivity index (χ0v) is 17.8. The van der Waals surface area contributed by atoms with Gasteiger partial charge in [-0.25, -0.2) is 0 Å². The van der Waals surface area contributed by atoms with E-state index < -0.39 is 0 Å². The van der Waals surface area contributed by atoms with Crippen LogP contribution < -0.4 is 15.4 Å². The quantitative estimate of drug-likeness (QED) is 0.428. The number of anilines is 1. The molecule has 4 rings (SSSR count). The van der Waals surface area contributed by atoms with Gasteiger partial charge in [0, 0.05) is 30.2 Å². The fraction of sp³-hybridized carbons (Fsp3) is 0.130. The van der Waals surface area contributed by atoms with Gasteiger partial charge in [-0.1, -0.05) is 12.1 Å². The van der Waals surface area contributed by atoms with Crippen molar-refractivity contribution in [2.24, 2.45) is 0 Å². The Morgan fingerprint density at radius 3 is 2.52 bits per heavy atom. The first-order valence-corrected chi connectivity index (χ1v) is 10.1. The summed E-state index contributed by atoms with van der Waals surface area (Å²) in [6.07, 6.45) is 3.11. The largest absolute Gasteiger partial charge is 0.497 e. The number of rotatable bonds is 8. The molecule has 0 unspecified atom stereocenters. The molecule has 0 saturated carbocycles. The van der Waals surface area contributed by atoms with Gasteiger partial charge in [0.15, 0.2) is 0 Å². The minimum atomic E-state index is -0.249. The minimum Gasteiger partial charge on any atom is -0.497 e. The van der Waals surface area contributed by atoms with Crippen LogP contribution in [0, 0.1) is 0 Å². The number of aromatic nitrogens is 5. The molecule has 0 aliphatic rings. The number of methoxy groups -OCH3 is 1. The van der Waals surface area contributed by atoms with E-state index in [0.29, 0.717) is 29.2 Å². The van der Waals surface area contributed by atoms with Crippen molar-refractivity contribution in [1.29, 1.82) is 0 Å². The second kappa shape index (κ2) is 10.1. The van der Waals surface area contributed by atoms with E-state index in [-0.39, 0.29) is 18.4 Å². The molecule has 0 spiro atoms. The van der Waals surface area contributed by atoms with Crippen molar-refractivity contribution in [3.05, 3.63) is 84.2 Å². The van der Waals surface area contributed by atoms with Crippen molar-refractivity contribution < 1.29 is 14.3 Å². The fourth-order valence-electron chi connectivity index (χ4n) is 2.96. The number of carbonyl (C=O) groups is 2. The molecule has 2 aromatic heterocycles. The van der Waals surface area contributed by atoms with Crippen LogP contribution in [0.15, 0.2) is 73.1 Å². The molecule has 0 aliphatic heterocycles. The lowest BCUT2D eigenvalue weighted by Crippen LogP contribution is -2.28. The monoisotopic (exact) mass is 443 g/mol. The predicted molar refractivity (Wildman–Crippen MR) is 120 cm³/mol. The van der Waals surface area contributed by atoms with Crippen LogP contribution in [0.1, 0.15) is 15.9 Å². The van der Waals surface area contributed by atoms with Gasteiger partial charge in [0.2, 0.25) is 11.7 Å². The first kappa shape index (κ1) is 21.6. The lowest BCUT2D eigenvalue weighted by Gasteiger charge is -2.06. The summed E-state index contributed by atoms with van der Waals surface area (Å²) in [5.41, 5.74) is 2.75. The Kier molecular flexibility index (Phi) is 6.64. The summed E-state index contributed by atoms with van der Waals surface area (Å²) in [6, 6.07) is 17.8. The maximum atomic E-state index is 12.2. The van der Waals surface area contributed by atoms with Crippen LogP contribution in [0.3, 0.4) is 0 Å². The van der Waals surface area contributed by atoms with E-state index in [0.717, 1.165) is 11.3 Å². The van der Waals surface area contributed by atoms with E-state index in [1.54, 1.807) is 49.7 Å². The predicted octanol–water partition coefficient (Wildman–Crippen LogP) is 2.31. The molecule has 0 fully saturated rings. The fourth-order valence-corrected chi connectivity index (χ4v) is 2.96. The molecule has 2 amide bonds. The van der Waals surface area contributed by atoms with E-state index in [4.69, 9.17) is 4.74 Å². The Bertz CT molecular complexity index is 1220. The average Bonchev–Trinajstić information content (AvgIpc) is 3.32. The number of tetrazole rings is 1. The van der Waals surface area contributed by atoms with Crippen molar-refractivity contribution in [2.45, 2.75) is 13.1 Å². The molecule has 0 saturated heterocycles. The number of amides is 2. The Hall–Kier alpha value is -4.60. The van der Waals surface area contributed by atoms with Crippen molar-refractivity contribution >= 4 is 17.5 Å². The third kappa shape index (κ3) is 5.76. The van der Waals surface area contributed by atoms with Crippen LogP contribution >= 0.6 is 0 Å². The molecule has 4 aromatic rings. The summed E-state index contributed by atoms with van der Waals surface area (Å²) in [4.78, 5) is 29.6. The third-order valence-electron chi connectivity index (χ3n) is 4.71. The van der Waals surface area contributed by atoms with Gasteiger partial charge >= 0.3 is 0 Å². The summed E-state index contributed by atoms with van der Waals surface area (Å²) >= 11 is 0. The second-order valence-corrected chi connectivity index (χ2v) is 7.04. The molecule has 0 atom stereocenters. The van der Waals surface area contributed by atoms with E-state index in [2.05, 4.69) is 31.0 Å². The molecule has 2 aromatic carbocycles. The Morgan fingerprint density at radius 1 is 1.03 bits per heavy atom. The molecule has 0 aliphatic carbocycles. The minimum absolute atomic E-state index is 0.0532. The highest BCUT2D eigenvalue weighted by Crippen LogP contribution is 2.18. The standard InChI is InChI=1S/C23H21N7O3/c1-33-20-10-4-16(5-11-20)13-25-21(31)15-30-28-22(27-29-30)17-6-8-19(9-7-17)26-23(32)18-3-2-12-24-14-18/h2-12,14H,13,15H2,1H3,(H,25,31)(H,26,32). The molecular weight excluding hydrogens is 422 g/mol. The maximum absolute atomic E-state index is 12.2. The average molecular weight is 443 g/mol. The molecule has 0 radical (unpaired) electrons. The number of pyridine rings is 1. The first-order valence-electron chi connectivity index (χ1n) is 10.1. The van der Waals surface area contributed by atoms with Crippen LogP contribution in [0.25, 0.3) is 11.4 Å². The summed E-state index contributed by atoms with van der Waals surface area (Å²) < 4.78 is 5.12. The first-order chi connectivity index (χ1) is 16.1. The van der Waals surface area contributed by atoms with Gasteiger partial charge in [-0.15, -0.1) is 10.2 Å². The molecule has 10 nitrogen and oxygen atoms in total. The Balaban J connectivity index is 1.31.